The molecule has 0 bridgehead atoms. The molecule has 1 aliphatic heterocycles. The van der Waals surface area contributed by atoms with Crippen molar-refractivity contribution >= 4 is 11.9 Å². The number of carboxylic acids is 1. The zero-order valence-electron chi connectivity index (χ0n) is 10.2. The fourth-order valence-electron chi connectivity index (χ4n) is 1.99. The number of ether oxygens (including phenoxy) is 1. The van der Waals surface area contributed by atoms with Crippen LogP contribution in [0.1, 0.15) is 22.8 Å². The van der Waals surface area contributed by atoms with Crippen LogP contribution in [0, 0.1) is 0 Å². The molecule has 1 aromatic rings. The van der Waals surface area contributed by atoms with Crippen molar-refractivity contribution in [3.63, 3.8) is 0 Å². The van der Waals surface area contributed by atoms with E-state index in [-0.39, 0.29) is 12.5 Å². The molecule has 0 saturated heterocycles. The number of carbonyl (C=O) groups excluding carboxylic acids is 1. The third-order valence-electron chi connectivity index (χ3n) is 2.93. The SMILES string of the molecule is CCN(CC(=O)O)C(=O)c1ccc2c(c1)CCO2. The molecule has 1 aliphatic rings. The van der Waals surface area contributed by atoms with Gasteiger partial charge in [0, 0.05) is 18.5 Å². The second-order valence-corrected chi connectivity index (χ2v) is 4.13. The smallest absolute Gasteiger partial charge is 0.323 e. The Kier molecular flexibility index (Phi) is 3.50. The number of fused-ring (bicyclic) bond motifs is 1. The number of carbonyl (C=O) groups is 2. The van der Waals surface area contributed by atoms with Crippen LogP contribution in [0.4, 0.5) is 0 Å². The lowest BCUT2D eigenvalue weighted by Crippen LogP contribution is -2.35. The predicted octanol–water partition coefficient (Wildman–Crippen LogP) is 1.17. The summed E-state index contributed by atoms with van der Waals surface area (Å²) in [5.74, 6) is -0.447. The molecule has 0 aliphatic carbocycles. The summed E-state index contributed by atoms with van der Waals surface area (Å²) in [7, 11) is 0. The van der Waals surface area contributed by atoms with E-state index in [1.807, 2.05) is 0 Å². The number of hydrogen-bond donors (Lipinski definition) is 1. The van der Waals surface area contributed by atoms with E-state index in [4.69, 9.17) is 9.84 Å². The van der Waals surface area contributed by atoms with E-state index >= 15 is 0 Å². The molecule has 0 saturated carbocycles. The summed E-state index contributed by atoms with van der Waals surface area (Å²) in [5.41, 5.74) is 1.52. The largest absolute Gasteiger partial charge is 0.493 e. The summed E-state index contributed by atoms with van der Waals surface area (Å²) >= 11 is 0. The minimum atomic E-state index is -1.00. The first-order valence-electron chi connectivity index (χ1n) is 5.88. The van der Waals surface area contributed by atoms with E-state index in [1.54, 1.807) is 25.1 Å². The summed E-state index contributed by atoms with van der Waals surface area (Å²) < 4.78 is 5.37. The predicted molar refractivity (Wildman–Crippen MR) is 64.9 cm³/mol. The van der Waals surface area contributed by atoms with Crippen LogP contribution >= 0.6 is 0 Å². The second kappa shape index (κ2) is 5.08. The third kappa shape index (κ3) is 2.45. The Balaban J connectivity index is 2.19. The van der Waals surface area contributed by atoms with Crippen molar-refractivity contribution in [1.29, 1.82) is 0 Å². The molecule has 0 unspecified atom stereocenters. The number of likely N-dealkylation sites (N-methyl/N-ethyl adjacent to an activating group) is 1. The highest BCUT2D eigenvalue weighted by molar-refractivity contribution is 5.96. The van der Waals surface area contributed by atoms with E-state index in [1.165, 1.54) is 4.90 Å². The van der Waals surface area contributed by atoms with Crippen molar-refractivity contribution in [3.05, 3.63) is 29.3 Å². The molecule has 0 spiro atoms. The van der Waals surface area contributed by atoms with Gasteiger partial charge in [-0.2, -0.15) is 0 Å². The minimum absolute atomic E-state index is 0.255. The van der Waals surface area contributed by atoms with Crippen LogP contribution in [0.2, 0.25) is 0 Å². The number of hydrogen-bond acceptors (Lipinski definition) is 3. The molecule has 0 radical (unpaired) electrons. The van der Waals surface area contributed by atoms with Crippen molar-refractivity contribution in [2.75, 3.05) is 19.7 Å². The van der Waals surface area contributed by atoms with Crippen molar-refractivity contribution < 1.29 is 19.4 Å². The van der Waals surface area contributed by atoms with Gasteiger partial charge in [-0.3, -0.25) is 9.59 Å². The molecule has 1 amide bonds. The molecule has 5 nitrogen and oxygen atoms in total. The van der Waals surface area contributed by atoms with Gasteiger partial charge in [-0.1, -0.05) is 0 Å². The molecule has 96 valence electrons. The summed E-state index contributed by atoms with van der Waals surface area (Å²) in [6.07, 6.45) is 0.793. The Labute approximate surface area is 105 Å². The number of aliphatic carboxylic acids is 1. The van der Waals surface area contributed by atoms with Gasteiger partial charge in [0.25, 0.3) is 5.91 Å². The van der Waals surface area contributed by atoms with Crippen LogP contribution in [0.3, 0.4) is 0 Å². The Morgan fingerprint density at radius 3 is 2.89 bits per heavy atom. The first-order valence-corrected chi connectivity index (χ1v) is 5.88. The Morgan fingerprint density at radius 1 is 1.44 bits per heavy atom. The summed E-state index contributed by atoms with van der Waals surface area (Å²) in [6, 6.07) is 5.23. The van der Waals surface area contributed by atoms with Gasteiger partial charge < -0.3 is 14.7 Å². The van der Waals surface area contributed by atoms with Gasteiger partial charge in [-0.05, 0) is 30.7 Å². The zero-order valence-corrected chi connectivity index (χ0v) is 10.2. The second-order valence-electron chi connectivity index (χ2n) is 4.13. The highest BCUT2D eigenvalue weighted by atomic mass is 16.5. The maximum atomic E-state index is 12.1. The van der Waals surface area contributed by atoms with E-state index in [9.17, 15) is 9.59 Å². The van der Waals surface area contributed by atoms with Crippen molar-refractivity contribution in [1.82, 2.24) is 4.90 Å². The average Bonchev–Trinajstić information content (AvgIpc) is 2.81. The van der Waals surface area contributed by atoms with Crippen LogP contribution in [0.5, 0.6) is 5.75 Å². The molecule has 2 rings (SSSR count). The van der Waals surface area contributed by atoms with Crippen LogP contribution < -0.4 is 4.74 Å². The van der Waals surface area contributed by atoms with E-state index in [2.05, 4.69) is 0 Å². The standard InChI is InChI=1S/C13H15NO4/c1-2-14(8-12(15)16)13(17)10-3-4-11-9(7-10)5-6-18-11/h3-4,7H,2,5-6,8H2,1H3,(H,15,16). The van der Waals surface area contributed by atoms with Gasteiger partial charge in [0.2, 0.25) is 0 Å². The molecular formula is C13H15NO4. The monoisotopic (exact) mass is 249 g/mol. The van der Waals surface area contributed by atoms with E-state index in [0.717, 1.165) is 17.7 Å². The maximum Gasteiger partial charge on any atom is 0.323 e. The van der Waals surface area contributed by atoms with Crippen LogP contribution in [-0.2, 0) is 11.2 Å². The minimum Gasteiger partial charge on any atom is -0.493 e. The first-order chi connectivity index (χ1) is 8.61. The Morgan fingerprint density at radius 2 is 2.22 bits per heavy atom. The quantitative estimate of drug-likeness (QED) is 0.869. The lowest BCUT2D eigenvalue weighted by atomic mass is 10.1. The third-order valence-corrected chi connectivity index (χ3v) is 2.93. The number of carboxylic acid groups (broad SMARTS) is 1. The molecule has 0 atom stereocenters. The van der Waals surface area contributed by atoms with Gasteiger partial charge in [-0.15, -0.1) is 0 Å². The van der Waals surface area contributed by atoms with Crippen molar-refractivity contribution in [3.8, 4) is 5.75 Å². The molecule has 1 N–H and O–H groups in total. The highest BCUT2D eigenvalue weighted by Crippen LogP contribution is 2.26. The van der Waals surface area contributed by atoms with Gasteiger partial charge in [0.1, 0.15) is 12.3 Å². The van der Waals surface area contributed by atoms with Gasteiger partial charge in [-0.25, -0.2) is 0 Å². The first kappa shape index (κ1) is 12.4. The number of amides is 1. The summed E-state index contributed by atoms with van der Waals surface area (Å²) in [6.45, 7) is 2.50. The Hall–Kier alpha value is -2.04. The van der Waals surface area contributed by atoms with Crippen LogP contribution in [0.15, 0.2) is 18.2 Å². The van der Waals surface area contributed by atoms with E-state index < -0.39 is 5.97 Å². The molecule has 18 heavy (non-hydrogen) atoms. The molecule has 1 heterocycles. The Bertz CT molecular complexity index is 484. The highest BCUT2D eigenvalue weighted by Gasteiger charge is 2.19. The summed E-state index contributed by atoms with van der Waals surface area (Å²) in [4.78, 5) is 24.1. The molecule has 1 aromatic carbocycles. The number of nitrogens with zero attached hydrogens (tertiary/aromatic N) is 1. The average molecular weight is 249 g/mol. The van der Waals surface area contributed by atoms with Crippen LogP contribution in [-0.4, -0.2) is 41.6 Å². The van der Waals surface area contributed by atoms with Crippen molar-refractivity contribution in [2.24, 2.45) is 0 Å². The number of benzene rings is 1. The molecular weight excluding hydrogens is 234 g/mol. The summed E-state index contributed by atoms with van der Waals surface area (Å²) in [5, 5.41) is 8.75. The lowest BCUT2D eigenvalue weighted by molar-refractivity contribution is -0.137. The van der Waals surface area contributed by atoms with Gasteiger partial charge >= 0.3 is 5.97 Å². The normalized spacial score (nSPS) is 12.7. The number of rotatable bonds is 4. The topological polar surface area (TPSA) is 66.8 Å². The molecule has 0 fully saturated rings. The maximum absolute atomic E-state index is 12.1. The fraction of sp³-hybridized carbons (Fsp3) is 0.385. The van der Waals surface area contributed by atoms with Gasteiger partial charge in [0.15, 0.2) is 0 Å². The van der Waals surface area contributed by atoms with Crippen LogP contribution in [0.25, 0.3) is 0 Å². The fourth-order valence-corrected chi connectivity index (χ4v) is 1.99. The zero-order chi connectivity index (χ0) is 13.1. The lowest BCUT2D eigenvalue weighted by Gasteiger charge is -2.18. The van der Waals surface area contributed by atoms with Crippen molar-refractivity contribution in [2.45, 2.75) is 13.3 Å². The van der Waals surface area contributed by atoms with Gasteiger partial charge in [0.05, 0.1) is 6.61 Å². The molecule has 5 heteroatoms. The van der Waals surface area contributed by atoms with E-state index in [0.29, 0.717) is 18.7 Å². The molecule has 0 aromatic heterocycles.